The molecule has 26 heavy (non-hydrogen) atoms. The Bertz CT molecular complexity index is 764. The van der Waals surface area contributed by atoms with E-state index in [2.05, 4.69) is 10.4 Å². The number of amides is 2. The van der Waals surface area contributed by atoms with Crippen molar-refractivity contribution < 1.29 is 14.3 Å². The van der Waals surface area contributed by atoms with Gasteiger partial charge in [-0.2, -0.15) is 5.10 Å². The molecule has 0 spiro atoms. The molecule has 0 unspecified atom stereocenters. The van der Waals surface area contributed by atoms with E-state index in [1.54, 1.807) is 16.6 Å². The van der Waals surface area contributed by atoms with E-state index in [0.717, 1.165) is 11.3 Å². The Morgan fingerprint density at radius 2 is 1.92 bits per heavy atom. The molecule has 1 fully saturated rings. The van der Waals surface area contributed by atoms with Crippen LogP contribution in [0.2, 0.25) is 0 Å². The number of aromatic nitrogens is 2. The summed E-state index contributed by atoms with van der Waals surface area (Å²) < 4.78 is 7.01. The van der Waals surface area contributed by atoms with Gasteiger partial charge in [-0.15, -0.1) is 0 Å². The third-order valence-electron chi connectivity index (χ3n) is 4.58. The summed E-state index contributed by atoms with van der Waals surface area (Å²) in [6, 6.07) is 11.4. The fourth-order valence-corrected chi connectivity index (χ4v) is 3.09. The van der Waals surface area contributed by atoms with E-state index in [9.17, 15) is 9.59 Å². The first-order valence-corrected chi connectivity index (χ1v) is 8.80. The van der Waals surface area contributed by atoms with Crippen molar-refractivity contribution >= 4 is 17.8 Å². The number of benzene rings is 1. The monoisotopic (exact) mass is 356 g/mol. The number of anilines is 1. The molecule has 3 rings (SSSR count). The number of ether oxygens (including phenoxy) is 1. The molecule has 0 radical (unpaired) electrons. The summed E-state index contributed by atoms with van der Waals surface area (Å²) in [5, 5.41) is 7.14. The number of hydrogen-bond donors (Lipinski definition) is 1. The van der Waals surface area contributed by atoms with Crippen LogP contribution in [0.15, 0.2) is 36.4 Å². The molecule has 138 valence electrons. The van der Waals surface area contributed by atoms with Gasteiger partial charge in [-0.3, -0.25) is 9.48 Å². The predicted octanol–water partition coefficient (Wildman–Crippen LogP) is 2.72. The standard InChI is InChI=1S/C19H24N4O3/c1-14-12-17(22(2)21-14)20-18(24)16-8-10-23(11-9-16)19(25)26-13-15-6-4-3-5-7-15/h3-7,12,16H,8-11,13H2,1-2H3,(H,20,24). The lowest BCUT2D eigenvalue weighted by molar-refractivity contribution is -0.121. The zero-order chi connectivity index (χ0) is 18.5. The molecule has 7 nitrogen and oxygen atoms in total. The van der Waals surface area contributed by atoms with E-state index in [-0.39, 0.29) is 24.5 Å². The van der Waals surface area contributed by atoms with Crippen molar-refractivity contribution in [2.75, 3.05) is 18.4 Å². The van der Waals surface area contributed by atoms with Gasteiger partial charge in [0.2, 0.25) is 5.91 Å². The number of aryl methyl sites for hydroxylation is 2. The number of rotatable bonds is 4. The lowest BCUT2D eigenvalue weighted by atomic mass is 9.96. The molecular formula is C19H24N4O3. The van der Waals surface area contributed by atoms with Gasteiger partial charge in [0, 0.05) is 32.1 Å². The maximum absolute atomic E-state index is 12.4. The van der Waals surface area contributed by atoms with Crippen LogP contribution in [0.5, 0.6) is 0 Å². The lowest BCUT2D eigenvalue weighted by Gasteiger charge is -2.30. The van der Waals surface area contributed by atoms with Crippen LogP contribution in [0, 0.1) is 12.8 Å². The van der Waals surface area contributed by atoms with Crippen LogP contribution in [-0.4, -0.2) is 39.8 Å². The van der Waals surface area contributed by atoms with E-state index < -0.39 is 0 Å². The van der Waals surface area contributed by atoms with Gasteiger partial charge in [0.05, 0.1) is 5.69 Å². The SMILES string of the molecule is Cc1cc(NC(=O)C2CCN(C(=O)OCc3ccccc3)CC2)n(C)n1. The highest BCUT2D eigenvalue weighted by Gasteiger charge is 2.28. The summed E-state index contributed by atoms with van der Waals surface area (Å²) in [7, 11) is 1.80. The molecule has 1 aromatic carbocycles. The van der Waals surface area contributed by atoms with Crippen molar-refractivity contribution in [2.45, 2.75) is 26.4 Å². The van der Waals surface area contributed by atoms with Gasteiger partial charge in [-0.25, -0.2) is 4.79 Å². The molecule has 7 heteroatoms. The minimum Gasteiger partial charge on any atom is -0.445 e. The number of hydrogen-bond acceptors (Lipinski definition) is 4. The normalized spacial score (nSPS) is 14.9. The van der Waals surface area contributed by atoms with Crippen LogP contribution in [0.25, 0.3) is 0 Å². The molecule has 1 aliphatic heterocycles. The van der Waals surface area contributed by atoms with Crippen LogP contribution >= 0.6 is 0 Å². The van der Waals surface area contributed by atoms with Crippen molar-refractivity contribution in [3.63, 3.8) is 0 Å². The molecule has 0 saturated carbocycles. The Hall–Kier alpha value is -2.83. The lowest BCUT2D eigenvalue weighted by Crippen LogP contribution is -2.41. The summed E-state index contributed by atoms with van der Waals surface area (Å²) in [6.07, 6.45) is 0.932. The summed E-state index contributed by atoms with van der Waals surface area (Å²) in [6.45, 7) is 3.20. The summed E-state index contributed by atoms with van der Waals surface area (Å²) in [5.41, 5.74) is 1.82. The fraction of sp³-hybridized carbons (Fsp3) is 0.421. The number of carbonyl (C=O) groups is 2. The first kappa shape index (κ1) is 18.0. The summed E-state index contributed by atoms with van der Waals surface area (Å²) in [5.74, 6) is 0.561. The number of likely N-dealkylation sites (tertiary alicyclic amines) is 1. The maximum Gasteiger partial charge on any atom is 0.410 e. The first-order valence-electron chi connectivity index (χ1n) is 8.80. The van der Waals surface area contributed by atoms with E-state index in [4.69, 9.17) is 4.74 Å². The quantitative estimate of drug-likeness (QED) is 0.914. The molecule has 0 aliphatic carbocycles. The fourth-order valence-electron chi connectivity index (χ4n) is 3.09. The van der Waals surface area contributed by atoms with Gasteiger partial charge >= 0.3 is 6.09 Å². The van der Waals surface area contributed by atoms with Crippen LogP contribution in [-0.2, 0) is 23.2 Å². The average molecular weight is 356 g/mol. The third-order valence-corrected chi connectivity index (χ3v) is 4.58. The molecule has 1 N–H and O–H groups in total. The largest absolute Gasteiger partial charge is 0.445 e. The van der Waals surface area contributed by atoms with Crippen molar-refractivity contribution in [1.29, 1.82) is 0 Å². The van der Waals surface area contributed by atoms with E-state index in [1.807, 2.05) is 43.3 Å². The number of nitrogens with one attached hydrogen (secondary N) is 1. The van der Waals surface area contributed by atoms with Crippen LogP contribution in [0.4, 0.5) is 10.6 Å². The topological polar surface area (TPSA) is 76.5 Å². The second-order valence-electron chi connectivity index (χ2n) is 6.59. The molecule has 0 bridgehead atoms. The minimum atomic E-state index is -0.324. The Morgan fingerprint density at radius 3 is 2.54 bits per heavy atom. The van der Waals surface area contributed by atoms with Crippen molar-refractivity contribution in [3.8, 4) is 0 Å². The molecule has 2 aromatic rings. The molecule has 2 amide bonds. The molecule has 1 aromatic heterocycles. The second kappa shape index (κ2) is 8.03. The Labute approximate surface area is 152 Å². The van der Waals surface area contributed by atoms with E-state index in [0.29, 0.717) is 31.7 Å². The zero-order valence-electron chi connectivity index (χ0n) is 15.1. The Morgan fingerprint density at radius 1 is 1.23 bits per heavy atom. The average Bonchev–Trinajstić information content (AvgIpc) is 2.97. The molecular weight excluding hydrogens is 332 g/mol. The Kier molecular flexibility index (Phi) is 5.55. The highest BCUT2D eigenvalue weighted by Crippen LogP contribution is 2.20. The van der Waals surface area contributed by atoms with E-state index in [1.165, 1.54) is 0 Å². The molecule has 1 aliphatic rings. The van der Waals surface area contributed by atoms with Gasteiger partial charge in [-0.05, 0) is 25.3 Å². The number of nitrogens with zero attached hydrogens (tertiary/aromatic N) is 3. The number of carbonyl (C=O) groups excluding carboxylic acids is 2. The van der Waals surface area contributed by atoms with Gasteiger partial charge in [0.25, 0.3) is 0 Å². The predicted molar refractivity (Wildman–Crippen MR) is 97.5 cm³/mol. The first-order chi connectivity index (χ1) is 12.5. The van der Waals surface area contributed by atoms with Crippen molar-refractivity contribution in [2.24, 2.45) is 13.0 Å². The van der Waals surface area contributed by atoms with Gasteiger partial charge in [0.1, 0.15) is 12.4 Å². The van der Waals surface area contributed by atoms with E-state index >= 15 is 0 Å². The van der Waals surface area contributed by atoms with Gasteiger partial charge in [-0.1, -0.05) is 30.3 Å². The third kappa shape index (κ3) is 4.41. The Balaban J connectivity index is 1.45. The smallest absolute Gasteiger partial charge is 0.410 e. The summed E-state index contributed by atoms with van der Waals surface area (Å²) >= 11 is 0. The summed E-state index contributed by atoms with van der Waals surface area (Å²) in [4.78, 5) is 26.3. The maximum atomic E-state index is 12.4. The highest BCUT2D eigenvalue weighted by atomic mass is 16.6. The number of piperidine rings is 1. The van der Waals surface area contributed by atoms with Crippen LogP contribution in [0.3, 0.4) is 0 Å². The van der Waals surface area contributed by atoms with Crippen molar-refractivity contribution in [1.82, 2.24) is 14.7 Å². The molecule has 0 atom stereocenters. The molecule has 1 saturated heterocycles. The minimum absolute atomic E-state index is 0.0229. The second-order valence-corrected chi connectivity index (χ2v) is 6.59. The zero-order valence-corrected chi connectivity index (χ0v) is 15.1. The van der Waals surface area contributed by atoms with Gasteiger partial charge < -0.3 is 15.0 Å². The molecule has 2 heterocycles. The van der Waals surface area contributed by atoms with Crippen LogP contribution < -0.4 is 5.32 Å². The highest BCUT2D eigenvalue weighted by molar-refractivity contribution is 5.92. The van der Waals surface area contributed by atoms with Crippen LogP contribution in [0.1, 0.15) is 24.1 Å². The van der Waals surface area contributed by atoms with Crippen molar-refractivity contribution in [3.05, 3.63) is 47.7 Å². The van der Waals surface area contributed by atoms with Gasteiger partial charge in [0.15, 0.2) is 0 Å².